The zero-order valence-corrected chi connectivity index (χ0v) is 13.1. The van der Waals surface area contributed by atoms with Crippen LogP contribution in [0.5, 0.6) is 0 Å². The van der Waals surface area contributed by atoms with E-state index in [1.54, 1.807) is 6.07 Å². The highest BCUT2D eigenvalue weighted by Crippen LogP contribution is 2.23. The maximum Gasteiger partial charge on any atom is 0.267 e. The number of carbonyl (C=O) groups excluding carboxylic acids is 1. The van der Waals surface area contributed by atoms with Crippen LogP contribution in [0, 0.1) is 5.92 Å². The fourth-order valence-electron chi connectivity index (χ4n) is 2.81. The van der Waals surface area contributed by atoms with E-state index in [0.29, 0.717) is 5.82 Å². The first-order valence-corrected chi connectivity index (χ1v) is 7.84. The highest BCUT2D eigenvalue weighted by Gasteiger charge is 2.20. The molecule has 2 aromatic heterocycles. The molecule has 0 atom stereocenters. The van der Waals surface area contributed by atoms with E-state index < -0.39 is 0 Å². The SMILES string of the molecule is CC1CCC(NC(=O)Cn2nc(-n3cncn3)ccc2=O)CC1. The van der Waals surface area contributed by atoms with Crippen LogP contribution in [0.3, 0.4) is 0 Å². The van der Waals surface area contributed by atoms with Crippen molar-refractivity contribution in [1.29, 1.82) is 0 Å². The first kappa shape index (κ1) is 15.4. The first-order chi connectivity index (χ1) is 11.1. The average molecular weight is 316 g/mol. The Bertz CT molecular complexity index is 716. The third kappa shape index (κ3) is 3.82. The molecule has 0 bridgehead atoms. The molecule has 1 fully saturated rings. The molecular weight excluding hydrogens is 296 g/mol. The lowest BCUT2D eigenvalue weighted by Gasteiger charge is -2.26. The molecular formula is C15H20N6O2. The van der Waals surface area contributed by atoms with Crippen LogP contribution in [0.1, 0.15) is 32.6 Å². The van der Waals surface area contributed by atoms with E-state index in [1.165, 1.54) is 23.4 Å². The monoisotopic (exact) mass is 316 g/mol. The van der Waals surface area contributed by atoms with Gasteiger partial charge in [-0.05, 0) is 37.7 Å². The predicted octanol–water partition coefficient (Wildman–Crippen LogP) is 0.519. The van der Waals surface area contributed by atoms with Crippen LogP contribution >= 0.6 is 0 Å². The van der Waals surface area contributed by atoms with Crippen LogP contribution in [-0.4, -0.2) is 36.5 Å². The van der Waals surface area contributed by atoms with Gasteiger partial charge < -0.3 is 5.32 Å². The summed E-state index contributed by atoms with van der Waals surface area (Å²) >= 11 is 0. The molecule has 0 aliphatic heterocycles. The topological polar surface area (TPSA) is 94.7 Å². The standard InChI is InChI=1S/C15H20N6O2/c1-11-2-4-12(5-3-11)18-14(22)8-20-15(23)7-6-13(19-20)21-10-16-9-17-21/h6-7,9-12H,2-5,8H2,1H3,(H,18,22). The number of nitrogens with one attached hydrogen (secondary N) is 1. The quantitative estimate of drug-likeness (QED) is 0.887. The number of amides is 1. The molecule has 122 valence electrons. The van der Waals surface area contributed by atoms with E-state index in [-0.39, 0.29) is 24.1 Å². The Balaban J connectivity index is 1.66. The summed E-state index contributed by atoms with van der Waals surface area (Å²) in [4.78, 5) is 27.9. The molecule has 0 unspecified atom stereocenters. The molecule has 0 radical (unpaired) electrons. The second-order valence-electron chi connectivity index (χ2n) is 6.05. The van der Waals surface area contributed by atoms with Gasteiger partial charge in [0.2, 0.25) is 5.91 Å². The fraction of sp³-hybridized carbons (Fsp3) is 0.533. The van der Waals surface area contributed by atoms with Crippen LogP contribution in [-0.2, 0) is 11.3 Å². The van der Waals surface area contributed by atoms with Crippen LogP contribution in [0.25, 0.3) is 5.82 Å². The van der Waals surface area contributed by atoms with E-state index >= 15 is 0 Å². The van der Waals surface area contributed by atoms with Gasteiger partial charge in [-0.2, -0.15) is 5.10 Å². The largest absolute Gasteiger partial charge is 0.352 e. The molecule has 8 heteroatoms. The molecule has 1 aliphatic rings. The van der Waals surface area contributed by atoms with Crippen molar-refractivity contribution in [2.24, 2.45) is 5.92 Å². The van der Waals surface area contributed by atoms with Gasteiger partial charge in [0.1, 0.15) is 19.2 Å². The number of carbonyl (C=O) groups is 1. The Morgan fingerprint density at radius 1 is 1.30 bits per heavy atom. The van der Waals surface area contributed by atoms with Crippen molar-refractivity contribution in [2.75, 3.05) is 0 Å². The summed E-state index contributed by atoms with van der Waals surface area (Å²) in [5, 5.41) is 11.1. The van der Waals surface area contributed by atoms with E-state index in [0.717, 1.165) is 36.3 Å². The lowest BCUT2D eigenvalue weighted by atomic mass is 9.87. The van der Waals surface area contributed by atoms with Crippen molar-refractivity contribution in [3.05, 3.63) is 35.1 Å². The van der Waals surface area contributed by atoms with Crippen LogP contribution < -0.4 is 10.9 Å². The molecule has 0 aromatic carbocycles. The Morgan fingerprint density at radius 3 is 2.78 bits per heavy atom. The van der Waals surface area contributed by atoms with Gasteiger partial charge in [-0.15, -0.1) is 5.10 Å². The molecule has 1 saturated carbocycles. The van der Waals surface area contributed by atoms with Gasteiger partial charge in [0.15, 0.2) is 5.82 Å². The maximum atomic E-state index is 12.2. The number of rotatable bonds is 4. The van der Waals surface area contributed by atoms with Crippen molar-refractivity contribution in [3.63, 3.8) is 0 Å². The Kier molecular flexibility index (Phi) is 4.50. The fourth-order valence-corrected chi connectivity index (χ4v) is 2.81. The number of nitrogens with zero attached hydrogens (tertiary/aromatic N) is 5. The minimum Gasteiger partial charge on any atom is -0.352 e. The van der Waals surface area contributed by atoms with Crippen molar-refractivity contribution < 1.29 is 4.79 Å². The van der Waals surface area contributed by atoms with Crippen LogP contribution in [0.15, 0.2) is 29.6 Å². The van der Waals surface area contributed by atoms with Gasteiger partial charge in [0, 0.05) is 12.1 Å². The van der Waals surface area contributed by atoms with Crippen molar-refractivity contribution in [1.82, 2.24) is 29.9 Å². The van der Waals surface area contributed by atoms with Gasteiger partial charge in [-0.25, -0.2) is 14.3 Å². The summed E-state index contributed by atoms with van der Waals surface area (Å²) in [7, 11) is 0. The third-order valence-electron chi connectivity index (χ3n) is 4.18. The Labute approximate surface area is 133 Å². The minimum absolute atomic E-state index is 0.0899. The van der Waals surface area contributed by atoms with Crippen LogP contribution in [0.4, 0.5) is 0 Å². The summed E-state index contributed by atoms with van der Waals surface area (Å²) in [5.41, 5.74) is -0.318. The van der Waals surface area contributed by atoms with E-state index in [2.05, 4.69) is 27.4 Å². The molecule has 1 N–H and O–H groups in total. The van der Waals surface area contributed by atoms with Gasteiger partial charge in [-0.1, -0.05) is 6.92 Å². The molecule has 0 spiro atoms. The lowest BCUT2D eigenvalue weighted by Crippen LogP contribution is -2.41. The number of hydrogen-bond donors (Lipinski definition) is 1. The summed E-state index contributed by atoms with van der Waals surface area (Å²) in [6, 6.07) is 3.13. The zero-order valence-electron chi connectivity index (χ0n) is 13.1. The highest BCUT2D eigenvalue weighted by atomic mass is 16.2. The summed E-state index contributed by atoms with van der Waals surface area (Å²) in [6.45, 7) is 2.14. The minimum atomic E-state index is -0.318. The molecule has 1 aliphatic carbocycles. The normalized spacial score (nSPS) is 21.1. The third-order valence-corrected chi connectivity index (χ3v) is 4.18. The second-order valence-corrected chi connectivity index (χ2v) is 6.05. The Morgan fingerprint density at radius 2 is 2.09 bits per heavy atom. The van der Waals surface area contributed by atoms with Crippen LogP contribution in [0.2, 0.25) is 0 Å². The van der Waals surface area contributed by atoms with E-state index in [1.807, 2.05) is 0 Å². The second kappa shape index (κ2) is 6.72. The average Bonchev–Trinajstić information content (AvgIpc) is 3.06. The Hall–Kier alpha value is -2.51. The lowest BCUT2D eigenvalue weighted by molar-refractivity contribution is -0.122. The van der Waals surface area contributed by atoms with Crippen molar-refractivity contribution in [3.8, 4) is 5.82 Å². The maximum absolute atomic E-state index is 12.2. The molecule has 1 amide bonds. The smallest absolute Gasteiger partial charge is 0.267 e. The van der Waals surface area contributed by atoms with Crippen molar-refractivity contribution >= 4 is 5.91 Å². The number of aromatic nitrogens is 5. The predicted molar refractivity (Wildman–Crippen MR) is 83.0 cm³/mol. The van der Waals surface area contributed by atoms with Crippen molar-refractivity contribution in [2.45, 2.75) is 45.2 Å². The molecule has 0 saturated heterocycles. The number of hydrogen-bond acceptors (Lipinski definition) is 5. The molecule has 23 heavy (non-hydrogen) atoms. The van der Waals surface area contributed by atoms with E-state index in [4.69, 9.17) is 0 Å². The van der Waals surface area contributed by atoms with Gasteiger partial charge in [0.25, 0.3) is 5.56 Å². The first-order valence-electron chi connectivity index (χ1n) is 7.84. The summed E-state index contributed by atoms with van der Waals surface area (Å²) < 4.78 is 2.59. The molecule has 8 nitrogen and oxygen atoms in total. The highest BCUT2D eigenvalue weighted by molar-refractivity contribution is 5.75. The summed E-state index contributed by atoms with van der Waals surface area (Å²) in [5.74, 6) is 0.989. The van der Waals surface area contributed by atoms with Gasteiger partial charge in [0.05, 0.1) is 0 Å². The zero-order chi connectivity index (χ0) is 16.2. The van der Waals surface area contributed by atoms with Gasteiger partial charge in [-0.3, -0.25) is 9.59 Å². The van der Waals surface area contributed by atoms with Gasteiger partial charge >= 0.3 is 0 Å². The molecule has 2 aromatic rings. The summed E-state index contributed by atoms with van der Waals surface area (Å²) in [6.07, 6.45) is 7.12. The molecule has 2 heterocycles. The van der Waals surface area contributed by atoms with E-state index in [9.17, 15) is 9.59 Å². The molecule has 3 rings (SSSR count).